The summed E-state index contributed by atoms with van der Waals surface area (Å²) in [5.74, 6) is -0.186. The van der Waals surface area contributed by atoms with Gasteiger partial charge in [-0.1, -0.05) is 29.8 Å². The van der Waals surface area contributed by atoms with Crippen molar-refractivity contribution in [3.8, 4) is 0 Å². The summed E-state index contributed by atoms with van der Waals surface area (Å²) in [6.45, 7) is 3.42. The third kappa shape index (κ3) is 3.56. The predicted molar refractivity (Wildman–Crippen MR) is 73.1 cm³/mol. The number of rotatable bonds is 4. The summed E-state index contributed by atoms with van der Waals surface area (Å²) in [6, 6.07) is 12.6. The van der Waals surface area contributed by atoms with Crippen LogP contribution in [-0.2, 0) is 13.1 Å². The standard InChI is InChI=1S/C15H15ClFN/c1-11-8-15(17)7-4-13(11)10-18-9-12-2-5-14(16)6-3-12/h2-8,18H,9-10H2,1H3. The first-order chi connectivity index (χ1) is 8.65. The maximum Gasteiger partial charge on any atom is 0.123 e. The molecule has 0 aliphatic carbocycles. The van der Waals surface area contributed by atoms with E-state index in [-0.39, 0.29) is 5.82 Å². The van der Waals surface area contributed by atoms with Gasteiger partial charge in [-0.3, -0.25) is 0 Å². The van der Waals surface area contributed by atoms with Gasteiger partial charge in [0.05, 0.1) is 0 Å². The molecule has 0 aliphatic rings. The Morgan fingerprint density at radius 2 is 1.78 bits per heavy atom. The van der Waals surface area contributed by atoms with E-state index in [4.69, 9.17) is 11.6 Å². The number of halogens is 2. The molecular formula is C15H15ClFN. The fourth-order valence-electron chi connectivity index (χ4n) is 1.80. The third-order valence-corrected chi connectivity index (χ3v) is 3.11. The Kier molecular flexibility index (Phi) is 4.34. The number of nitrogens with one attached hydrogen (secondary N) is 1. The minimum atomic E-state index is -0.186. The van der Waals surface area contributed by atoms with Crippen LogP contribution in [0.2, 0.25) is 5.02 Å². The highest BCUT2D eigenvalue weighted by Gasteiger charge is 2.00. The van der Waals surface area contributed by atoms with Crippen molar-refractivity contribution in [2.24, 2.45) is 0 Å². The maximum atomic E-state index is 12.9. The first-order valence-electron chi connectivity index (χ1n) is 5.85. The van der Waals surface area contributed by atoms with Gasteiger partial charge in [-0.25, -0.2) is 4.39 Å². The van der Waals surface area contributed by atoms with Crippen LogP contribution >= 0.6 is 11.6 Å². The number of benzene rings is 2. The first kappa shape index (κ1) is 13.1. The van der Waals surface area contributed by atoms with Crippen LogP contribution in [0.3, 0.4) is 0 Å². The van der Waals surface area contributed by atoms with E-state index in [2.05, 4.69) is 5.32 Å². The maximum absolute atomic E-state index is 12.9. The monoisotopic (exact) mass is 263 g/mol. The quantitative estimate of drug-likeness (QED) is 0.877. The van der Waals surface area contributed by atoms with Crippen molar-refractivity contribution in [2.75, 3.05) is 0 Å². The molecule has 18 heavy (non-hydrogen) atoms. The molecule has 0 saturated carbocycles. The molecule has 0 aromatic heterocycles. The fourth-order valence-corrected chi connectivity index (χ4v) is 1.93. The highest BCUT2D eigenvalue weighted by atomic mass is 35.5. The van der Waals surface area contributed by atoms with E-state index in [1.807, 2.05) is 37.3 Å². The zero-order valence-corrected chi connectivity index (χ0v) is 11.0. The Bertz CT molecular complexity index is 523. The van der Waals surface area contributed by atoms with Crippen molar-refractivity contribution in [1.82, 2.24) is 5.32 Å². The van der Waals surface area contributed by atoms with Gasteiger partial charge in [-0.05, 0) is 47.9 Å². The molecule has 1 nitrogen and oxygen atoms in total. The van der Waals surface area contributed by atoms with Crippen LogP contribution in [0.4, 0.5) is 4.39 Å². The van der Waals surface area contributed by atoms with Crippen molar-refractivity contribution in [3.05, 3.63) is 70.0 Å². The summed E-state index contributed by atoms with van der Waals surface area (Å²) in [7, 11) is 0. The van der Waals surface area contributed by atoms with Crippen molar-refractivity contribution in [3.63, 3.8) is 0 Å². The average Bonchev–Trinajstić information content (AvgIpc) is 2.34. The fraction of sp³-hybridized carbons (Fsp3) is 0.200. The zero-order valence-electron chi connectivity index (χ0n) is 10.2. The molecule has 0 fully saturated rings. The van der Waals surface area contributed by atoms with Crippen molar-refractivity contribution >= 4 is 11.6 Å². The van der Waals surface area contributed by atoms with Crippen LogP contribution in [0.5, 0.6) is 0 Å². The van der Waals surface area contributed by atoms with E-state index in [0.717, 1.165) is 29.2 Å². The van der Waals surface area contributed by atoms with E-state index in [0.29, 0.717) is 0 Å². The van der Waals surface area contributed by atoms with Crippen molar-refractivity contribution in [2.45, 2.75) is 20.0 Å². The lowest BCUT2D eigenvalue weighted by Crippen LogP contribution is -2.13. The Morgan fingerprint density at radius 1 is 1.06 bits per heavy atom. The van der Waals surface area contributed by atoms with Gasteiger partial charge in [0.1, 0.15) is 5.82 Å². The lowest BCUT2D eigenvalue weighted by atomic mass is 10.1. The van der Waals surface area contributed by atoms with E-state index in [1.165, 1.54) is 11.6 Å². The summed E-state index contributed by atoms with van der Waals surface area (Å²) in [5.41, 5.74) is 3.27. The van der Waals surface area contributed by atoms with Gasteiger partial charge < -0.3 is 5.32 Å². The molecule has 0 saturated heterocycles. The predicted octanol–water partition coefficient (Wildman–Crippen LogP) is 4.08. The number of hydrogen-bond acceptors (Lipinski definition) is 1. The van der Waals surface area contributed by atoms with Crippen LogP contribution in [0.15, 0.2) is 42.5 Å². The summed E-state index contributed by atoms with van der Waals surface area (Å²) in [5, 5.41) is 4.08. The van der Waals surface area contributed by atoms with Gasteiger partial charge in [0, 0.05) is 18.1 Å². The number of aryl methyl sites for hydroxylation is 1. The van der Waals surface area contributed by atoms with Gasteiger partial charge in [-0.15, -0.1) is 0 Å². The van der Waals surface area contributed by atoms with Gasteiger partial charge in [0.25, 0.3) is 0 Å². The lowest BCUT2D eigenvalue weighted by Gasteiger charge is -2.08. The van der Waals surface area contributed by atoms with Crippen molar-refractivity contribution in [1.29, 1.82) is 0 Å². The molecule has 0 amide bonds. The van der Waals surface area contributed by atoms with E-state index >= 15 is 0 Å². The van der Waals surface area contributed by atoms with Gasteiger partial charge in [0.15, 0.2) is 0 Å². The second-order valence-electron chi connectivity index (χ2n) is 4.30. The molecule has 0 bridgehead atoms. The molecule has 3 heteroatoms. The summed E-state index contributed by atoms with van der Waals surface area (Å²) in [6.07, 6.45) is 0. The second kappa shape index (κ2) is 5.98. The molecule has 2 aromatic carbocycles. The molecule has 0 atom stereocenters. The molecule has 1 N–H and O–H groups in total. The number of hydrogen-bond donors (Lipinski definition) is 1. The Hall–Kier alpha value is -1.38. The molecular weight excluding hydrogens is 249 g/mol. The van der Waals surface area contributed by atoms with Gasteiger partial charge in [-0.2, -0.15) is 0 Å². The smallest absolute Gasteiger partial charge is 0.123 e. The van der Waals surface area contributed by atoms with E-state index < -0.39 is 0 Å². The van der Waals surface area contributed by atoms with E-state index in [1.54, 1.807) is 6.07 Å². The summed E-state index contributed by atoms with van der Waals surface area (Å²) < 4.78 is 12.9. The highest BCUT2D eigenvalue weighted by Crippen LogP contribution is 2.11. The van der Waals surface area contributed by atoms with Crippen LogP contribution in [0.1, 0.15) is 16.7 Å². The van der Waals surface area contributed by atoms with Gasteiger partial charge >= 0.3 is 0 Å². The van der Waals surface area contributed by atoms with Crippen LogP contribution in [0.25, 0.3) is 0 Å². The molecule has 94 valence electrons. The normalized spacial score (nSPS) is 10.6. The molecule has 0 unspecified atom stereocenters. The van der Waals surface area contributed by atoms with Gasteiger partial charge in [0.2, 0.25) is 0 Å². The van der Waals surface area contributed by atoms with Crippen LogP contribution in [0, 0.1) is 12.7 Å². The lowest BCUT2D eigenvalue weighted by molar-refractivity contribution is 0.623. The zero-order chi connectivity index (χ0) is 13.0. The highest BCUT2D eigenvalue weighted by molar-refractivity contribution is 6.30. The van der Waals surface area contributed by atoms with Crippen LogP contribution < -0.4 is 5.32 Å². The molecule has 0 aliphatic heterocycles. The summed E-state index contributed by atoms with van der Waals surface area (Å²) >= 11 is 5.82. The topological polar surface area (TPSA) is 12.0 Å². The van der Waals surface area contributed by atoms with E-state index in [9.17, 15) is 4.39 Å². The molecule has 0 radical (unpaired) electrons. The van der Waals surface area contributed by atoms with Crippen LogP contribution in [-0.4, -0.2) is 0 Å². The molecule has 0 heterocycles. The Labute approximate surface area is 112 Å². The average molecular weight is 264 g/mol. The molecule has 0 spiro atoms. The van der Waals surface area contributed by atoms with Crippen molar-refractivity contribution < 1.29 is 4.39 Å². The second-order valence-corrected chi connectivity index (χ2v) is 4.74. The summed E-state index contributed by atoms with van der Waals surface area (Å²) in [4.78, 5) is 0. The minimum absolute atomic E-state index is 0.186. The third-order valence-electron chi connectivity index (χ3n) is 2.86. The Balaban J connectivity index is 1.90. The minimum Gasteiger partial charge on any atom is -0.309 e. The molecule has 2 aromatic rings. The molecule has 2 rings (SSSR count). The Morgan fingerprint density at radius 3 is 2.44 bits per heavy atom. The first-order valence-corrected chi connectivity index (χ1v) is 6.23. The largest absolute Gasteiger partial charge is 0.309 e. The SMILES string of the molecule is Cc1cc(F)ccc1CNCc1ccc(Cl)cc1.